The van der Waals surface area contributed by atoms with Crippen LogP contribution in [0.1, 0.15) is 35.3 Å². The maximum Gasteiger partial charge on any atom is 0.318 e. The highest BCUT2D eigenvalue weighted by Crippen LogP contribution is 2.49. The van der Waals surface area contributed by atoms with Gasteiger partial charge in [-0.2, -0.15) is 0 Å². The summed E-state index contributed by atoms with van der Waals surface area (Å²) in [6.07, 6.45) is 0.960. The van der Waals surface area contributed by atoms with E-state index in [4.69, 9.17) is 9.15 Å². The van der Waals surface area contributed by atoms with E-state index in [2.05, 4.69) is 0 Å². The number of furan rings is 1. The molecule has 0 saturated carbocycles. The van der Waals surface area contributed by atoms with Gasteiger partial charge in [-0.05, 0) is 18.9 Å². The fourth-order valence-corrected chi connectivity index (χ4v) is 5.07. The average molecular weight is 420 g/mol. The first-order chi connectivity index (χ1) is 15.0. The molecule has 1 saturated heterocycles. The number of para-hydroxylation sites is 2. The first-order valence-corrected chi connectivity index (χ1v) is 10.1. The number of rotatable bonds is 3. The number of carbonyl (C=O) groups is 2. The van der Waals surface area contributed by atoms with Crippen molar-refractivity contribution in [1.29, 1.82) is 0 Å². The number of nitro groups is 1. The van der Waals surface area contributed by atoms with Gasteiger partial charge in [0.1, 0.15) is 17.3 Å². The number of methoxy groups -OCH3 is 1. The first kappa shape index (κ1) is 19.3. The van der Waals surface area contributed by atoms with Gasteiger partial charge in [0.25, 0.3) is 5.69 Å². The molecule has 8 heteroatoms. The smallest absolute Gasteiger partial charge is 0.318 e. The van der Waals surface area contributed by atoms with Crippen LogP contribution in [-0.2, 0) is 20.7 Å². The molecule has 158 valence electrons. The van der Waals surface area contributed by atoms with Crippen LogP contribution in [-0.4, -0.2) is 35.4 Å². The Hall–Kier alpha value is -3.68. The van der Waals surface area contributed by atoms with Crippen LogP contribution >= 0.6 is 0 Å². The second-order valence-corrected chi connectivity index (χ2v) is 7.90. The van der Waals surface area contributed by atoms with Gasteiger partial charge in [0.05, 0.1) is 18.1 Å². The van der Waals surface area contributed by atoms with E-state index >= 15 is 0 Å². The van der Waals surface area contributed by atoms with Gasteiger partial charge in [-0.3, -0.25) is 19.7 Å². The Balaban J connectivity index is 1.65. The van der Waals surface area contributed by atoms with E-state index in [9.17, 15) is 19.7 Å². The lowest BCUT2D eigenvalue weighted by Gasteiger charge is -2.44. The molecule has 3 heterocycles. The van der Waals surface area contributed by atoms with Crippen molar-refractivity contribution in [2.45, 2.75) is 24.8 Å². The Morgan fingerprint density at radius 2 is 1.94 bits per heavy atom. The van der Waals surface area contributed by atoms with Crippen molar-refractivity contribution >= 4 is 28.5 Å². The number of amides is 1. The number of fused-ring (bicyclic) bond motifs is 5. The summed E-state index contributed by atoms with van der Waals surface area (Å²) in [6, 6.07) is 13.6. The highest BCUT2D eigenvalue weighted by molar-refractivity contribution is 6.00. The van der Waals surface area contributed by atoms with Gasteiger partial charge in [0.2, 0.25) is 5.91 Å². The van der Waals surface area contributed by atoms with Gasteiger partial charge < -0.3 is 14.1 Å². The predicted molar refractivity (Wildman–Crippen MR) is 110 cm³/mol. The molecule has 1 aromatic heterocycles. The highest BCUT2D eigenvalue weighted by atomic mass is 16.6. The van der Waals surface area contributed by atoms with Gasteiger partial charge in [-0.15, -0.1) is 0 Å². The van der Waals surface area contributed by atoms with E-state index in [-0.39, 0.29) is 11.6 Å². The summed E-state index contributed by atoms with van der Waals surface area (Å²) in [5.41, 5.74) is 2.06. The third-order valence-electron chi connectivity index (χ3n) is 6.43. The number of benzene rings is 2. The number of piperidine rings is 1. The van der Waals surface area contributed by atoms with Crippen molar-refractivity contribution in [3.8, 4) is 0 Å². The lowest BCUT2D eigenvalue weighted by Crippen LogP contribution is -2.51. The van der Waals surface area contributed by atoms with Crippen LogP contribution in [0.25, 0.3) is 11.0 Å². The van der Waals surface area contributed by atoms with Crippen molar-refractivity contribution in [3.05, 3.63) is 75.5 Å². The molecular weight excluding hydrogens is 400 g/mol. The lowest BCUT2D eigenvalue weighted by atomic mass is 9.74. The summed E-state index contributed by atoms with van der Waals surface area (Å²) in [7, 11) is 1.23. The quantitative estimate of drug-likeness (QED) is 0.277. The fourth-order valence-electron chi connectivity index (χ4n) is 5.07. The van der Waals surface area contributed by atoms with E-state index in [0.29, 0.717) is 30.7 Å². The molecule has 3 atom stereocenters. The molecule has 3 aromatic rings. The number of carbonyl (C=O) groups excluding carboxylic acids is 2. The summed E-state index contributed by atoms with van der Waals surface area (Å²) in [5.74, 6) is -2.18. The van der Waals surface area contributed by atoms with Crippen LogP contribution in [0.3, 0.4) is 0 Å². The molecule has 31 heavy (non-hydrogen) atoms. The van der Waals surface area contributed by atoms with Gasteiger partial charge >= 0.3 is 5.97 Å². The minimum absolute atomic E-state index is 0.108. The van der Waals surface area contributed by atoms with Crippen molar-refractivity contribution in [3.63, 3.8) is 0 Å². The Morgan fingerprint density at radius 3 is 2.71 bits per heavy atom. The molecule has 1 amide bonds. The standard InChI is InChI=1S/C23H20N2O6/c1-30-23(27)20-16(13-6-2-4-8-17(13)25(28)29)12-18-21-15(10-11-24(18)22(20)26)14-7-3-5-9-19(14)31-21/h2-9,16,18,20H,10-12H2,1H3/t16-,18+,20-/m0/s1. The Kier molecular flexibility index (Phi) is 4.50. The van der Waals surface area contributed by atoms with Gasteiger partial charge in [0.15, 0.2) is 0 Å². The molecule has 0 bridgehead atoms. The summed E-state index contributed by atoms with van der Waals surface area (Å²) in [6.45, 7) is 0.455. The number of esters is 1. The van der Waals surface area contributed by atoms with Crippen molar-refractivity contribution in [2.24, 2.45) is 5.92 Å². The number of nitro benzene ring substituents is 1. The summed E-state index contributed by atoms with van der Waals surface area (Å²) in [5, 5.41) is 12.7. The molecule has 0 N–H and O–H groups in total. The minimum Gasteiger partial charge on any atom is -0.468 e. The first-order valence-electron chi connectivity index (χ1n) is 10.1. The van der Waals surface area contributed by atoms with Crippen LogP contribution in [0.4, 0.5) is 5.69 Å². The predicted octanol–water partition coefficient (Wildman–Crippen LogP) is 3.74. The molecule has 0 radical (unpaired) electrons. The largest absolute Gasteiger partial charge is 0.468 e. The van der Waals surface area contributed by atoms with Gasteiger partial charge in [-0.1, -0.05) is 36.4 Å². The Bertz CT molecular complexity index is 1220. The zero-order valence-corrected chi connectivity index (χ0v) is 16.8. The number of hydrogen-bond acceptors (Lipinski definition) is 6. The maximum absolute atomic E-state index is 13.5. The average Bonchev–Trinajstić information content (AvgIpc) is 3.17. The Morgan fingerprint density at radius 1 is 1.19 bits per heavy atom. The van der Waals surface area contributed by atoms with Crippen LogP contribution in [0.15, 0.2) is 52.9 Å². The molecular formula is C23H20N2O6. The monoisotopic (exact) mass is 420 g/mol. The lowest BCUT2D eigenvalue weighted by molar-refractivity contribution is -0.385. The molecule has 0 aliphatic carbocycles. The zero-order chi connectivity index (χ0) is 21.7. The topological polar surface area (TPSA) is 103 Å². The normalized spacial score (nSPS) is 22.7. The van der Waals surface area contributed by atoms with E-state index in [1.807, 2.05) is 24.3 Å². The SMILES string of the molecule is COC(=O)[C@@H]1C(=O)N2CCc3c(oc4ccccc34)[C@H]2C[C@H]1c1ccccc1[N+](=O)[O-]. The molecule has 8 nitrogen and oxygen atoms in total. The van der Waals surface area contributed by atoms with E-state index in [1.54, 1.807) is 23.1 Å². The minimum atomic E-state index is -1.13. The van der Waals surface area contributed by atoms with Crippen LogP contribution < -0.4 is 0 Å². The highest BCUT2D eigenvalue weighted by Gasteiger charge is 2.51. The molecule has 0 unspecified atom stereocenters. The van der Waals surface area contributed by atoms with E-state index in [0.717, 1.165) is 16.5 Å². The third kappa shape index (κ3) is 2.90. The third-order valence-corrected chi connectivity index (χ3v) is 6.43. The fraction of sp³-hybridized carbons (Fsp3) is 0.304. The van der Waals surface area contributed by atoms with Crippen LogP contribution in [0.2, 0.25) is 0 Å². The number of ether oxygens (including phenoxy) is 1. The van der Waals surface area contributed by atoms with E-state index in [1.165, 1.54) is 13.2 Å². The molecule has 0 spiro atoms. The summed E-state index contributed by atoms with van der Waals surface area (Å²) >= 11 is 0. The van der Waals surface area contributed by atoms with Crippen LogP contribution in [0.5, 0.6) is 0 Å². The molecule has 2 aromatic carbocycles. The Labute approximate surface area is 177 Å². The molecule has 2 aliphatic heterocycles. The van der Waals surface area contributed by atoms with E-state index < -0.39 is 28.8 Å². The maximum atomic E-state index is 13.5. The molecule has 1 fully saturated rings. The van der Waals surface area contributed by atoms with Gasteiger partial charge in [0, 0.05) is 35.0 Å². The van der Waals surface area contributed by atoms with Crippen molar-refractivity contribution in [1.82, 2.24) is 4.90 Å². The van der Waals surface area contributed by atoms with Crippen molar-refractivity contribution in [2.75, 3.05) is 13.7 Å². The summed E-state index contributed by atoms with van der Waals surface area (Å²) < 4.78 is 11.1. The van der Waals surface area contributed by atoms with Gasteiger partial charge in [-0.25, -0.2) is 0 Å². The second kappa shape index (κ2) is 7.23. The van der Waals surface area contributed by atoms with Crippen molar-refractivity contribution < 1.29 is 23.7 Å². The number of hydrogen-bond donors (Lipinski definition) is 0. The summed E-state index contributed by atoms with van der Waals surface area (Å²) in [4.78, 5) is 39.0. The second-order valence-electron chi connectivity index (χ2n) is 7.90. The molecule has 2 aliphatic rings. The zero-order valence-electron chi connectivity index (χ0n) is 16.8. The number of nitrogens with zero attached hydrogens (tertiary/aromatic N) is 2. The van der Waals surface area contributed by atoms with Crippen LogP contribution in [0, 0.1) is 16.0 Å². The molecule has 5 rings (SSSR count).